The summed E-state index contributed by atoms with van der Waals surface area (Å²) >= 11 is 0. The van der Waals surface area contributed by atoms with E-state index in [1.54, 1.807) is 0 Å². The molecule has 10 aromatic carbocycles. The SMILES string of the molecule is C=CC(Cc1c(C)n(-c2ccc(N(c3ccccc3)c3cc(C)c(-c4c5ccccc5c(-c5ccc6ccccc6c5)c5ccccc45)cc3C)cc2C)c2ccc(-c3ccccc3)cc12)C(C)CC. The zero-order chi connectivity index (χ0) is 48.0. The molecule has 0 aliphatic carbocycles. The highest BCUT2D eigenvalue weighted by molar-refractivity contribution is 6.22. The third-order valence-corrected chi connectivity index (χ3v) is 15.3. The van der Waals surface area contributed by atoms with Crippen LogP contribution in [0.2, 0.25) is 0 Å². The molecule has 0 aliphatic rings. The Kier molecular flexibility index (Phi) is 11.8. The highest BCUT2D eigenvalue weighted by atomic mass is 15.1. The van der Waals surface area contributed by atoms with Crippen LogP contribution in [0.15, 0.2) is 213 Å². The monoisotopic (exact) mass is 904 g/mol. The van der Waals surface area contributed by atoms with Crippen molar-refractivity contribution in [1.29, 1.82) is 0 Å². The van der Waals surface area contributed by atoms with Crippen LogP contribution in [0.3, 0.4) is 0 Å². The molecule has 2 atom stereocenters. The number of aromatic nitrogens is 1. The number of anilines is 3. The third kappa shape index (κ3) is 7.78. The molecule has 2 unspecified atom stereocenters. The van der Waals surface area contributed by atoms with E-state index in [-0.39, 0.29) is 0 Å². The van der Waals surface area contributed by atoms with E-state index in [0.717, 1.165) is 24.2 Å². The van der Waals surface area contributed by atoms with Crippen molar-refractivity contribution in [1.82, 2.24) is 4.57 Å². The molecule has 0 amide bonds. The first-order valence-electron chi connectivity index (χ1n) is 25.0. The number of aryl methyl sites for hydroxylation is 3. The van der Waals surface area contributed by atoms with Gasteiger partial charge in [0.05, 0.1) is 5.52 Å². The molecule has 0 fully saturated rings. The van der Waals surface area contributed by atoms with Gasteiger partial charge in [0, 0.05) is 33.8 Å². The van der Waals surface area contributed by atoms with Gasteiger partial charge in [-0.15, -0.1) is 6.58 Å². The molecule has 0 saturated carbocycles. The molecule has 2 nitrogen and oxygen atoms in total. The predicted molar refractivity (Wildman–Crippen MR) is 303 cm³/mol. The summed E-state index contributed by atoms with van der Waals surface area (Å²) in [5, 5.41) is 8.87. The minimum Gasteiger partial charge on any atom is -0.313 e. The van der Waals surface area contributed by atoms with Gasteiger partial charge in [-0.2, -0.15) is 0 Å². The number of hydrogen-bond donors (Lipinski definition) is 0. The first kappa shape index (κ1) is 44.6. The van der Waals surface area contributed by atoms with Crippen LogP contribution in [0.1, 0.15) is 48.2 Å². The van der Waals surface area contributed by atoms with Gasteiger partial charge in [-0.25, -0.2) is 0 Å². The van der Waals surface area contributed by atoms with E-state index < -0.39 is 0 Å². The zero-order valence-corrected chi connectivity index (χ0v) is 41.3. The molecule has 2 heteroatoms. The van der Waals surface area contributed by atoms with E-state index in [2.05, 4.69) is 264 Å². The Bertz CT molecular complexity index is 3700. The molecule has 11 aromatic rings. The Morgan fingerprint density at radius 3 is 1.77 bits per heavy atom. The first-order chi connectivity index (χ1) is 34.2. The van der Waals surface area contributed by atoms with Gasteiger partial charge in [0.2, 0.25) is 0 Å². The van der Waals surface area contributed by atoms with Gasteiger partial charge in [-0.05, 0) is 195 Å². The molecule has 0 spiro atoms. The summed E-state index contributed by atoms with van der Waals surface area (Å²) in [5.41, 5.74) is 19.7. The van der Waals surface area contributed by atoms with Crippen molar-refractivity contribution in [3.8, 4) is 39.1 Å². The van der Waals surface area contributed by atoms with Gasteiger partial charge in [-0.1, -0.05) is 166 Å². The fourth-order valence-corrected chi connectivity index (χ4v) is 11.3. The molecule has 70 heavy (non-hydrogen) atoms. The van der Waals surface area contributed by atoms with Crippen molar-refractivity contribution in [2.45, 2.75) is 54.4 Å². The number of nitrogens with zero attached hydrogens (tertiary/aromatic N) is 2. The first-order valence-corrected chi connectivity index (χ1v) is 25.0. The number of rotatable bonds is 12. The maximum atomic E-state index is 4.32. The Hall–Kier alpha value is -7.94. The van der Waals surface area contributed by atoms with Gasteiger partial charge < -0.3 is 9.47 Å². The summed E-state index contributed by atoms with van der Waals surface area (Å²) in [6, 6.07) is 74.1. The number of hydrogen-bond acceptors (Lipinski definition) is 1. The van der Waals surface area contributed by atoms with Crippen LogP contribution in [-0.2, 0) is 6.42 Å². The van der Waals surface area contributed by atoms with Gasteiger partial charge in [0.15, 0.2) is 0 Å². The smallest absolute Gasteiger partial charge is 0.0534 e. The predicted octanol–water partition coefficient (Wildman–Crippen LogP) is 19.2. The zero-order valence-electron chi connectivity index (χ0n) is 41.3. The lowest BCUT2D eigenvalue weighted by Crippen LogP contribution is -2.13. The quantitative estimate of drug-likeness (QED) is 0.0876. The largest absolute Gasteiger partial charge is 0.313 e. The second kappa shape index (κ2) is 18.5. The molecule has 342 valence electrons. The second-order valence-electron chi connectivity index (χ2n) is 19.5. The highest BCUT2D eigenvalue weighted by Crippen LogP contribution is 2.47. The summed E-state index contributed by atoms with van der Waals surface area (Å²) in [7, 11) is 0. The van der Waals surface area contributed by atoms with Crippen LogP contribution < -0.4 is 4.90 Å². The molecule has 0 radical (unpaired) electrons. The molecule has 0 bridgehead atoms. The van der Waals surface area contributed by atoms with Gasteiger partial charge >= 0.3 is 0 Å². The summed E-state index contributed by atoms with van der Waals surface area (Å²) in [4.78, 5) is 2.45. The minimum absolute atomic E-state index is 0.385. The Morgan fingerprint density at radius 2 is 1.11 bits per heavy atom. The van der Waals surface area contributed by atoms with Gasteiger partial charge in [0.1, 0.15) is 0 Å². The minimum atomic E-state index is 0.385. The lowest BCUT2D eigenvalue weighted by Gasteiger charge is -2.29. The number of fused-ring (bicyclic) bond motifs is 4. The Balaban J connectivity index is 1.04. The van der Waals surface area contributed by atoms with E-state index in [4.69, 9.17) is 0 Å². The molecule has 0 saturated heterocycles. The molecule has 1 aromatic heterocycles. The summed E-state index contributed by atoms with van der Waals surface area (Å²) in [5.74, 6) is 0.926. The lowest BCUT2D eigenvalue weighted by atomic mass is 9.84. The second-order valence-corrected chi connectivity index (χ2v) is 19.5. The number of para-hydroxylation sites is 1. The normalized spacial score (nSPS) is 12.5. The topological polar surface area (TPSA) is 8.17 Å². The lowest BCUT2D eigenvalue weighted by molar-refractivity contribution is 0.415. The van der Waals surface area contributed by atoms with Crippen molar-refractivity contribution in [2.24, 2.45) is 11.8 Å². The number of benzene rings is 10. The number of allylic oxidation sites excluding steroid dienone is 1. The molecule has 0 aliphatic heterocycles. The summed E-state index contributed by atoms with van der Waals surface area (Å²) in [6.07, 6.45) is 4.26. The third-order valence-electron chi connectivity index (χ3n) is 15.3. The summed E-state index contributed by atoms with van der Waals surface area (Å²) < 4.78 is 2.51. The van der Waals surface area contributed by atoms with Crippen molar-refractivity contribution in [3.63, 3.8) is 0 Å². The molecular formula is C68H60N2. The average molecular weight is 905 g/mol. The van der Waals surface area contributed by atoms with Gasteiger partial charge in [0.25, 0.3) is 0 Å². The van der Waals surface area contributed by atoms with Crippen LogP contribution in [0, 0.1) is 39.5 Å². The van der Waals surface area contributed by atoms with Crippen LogP contribution in [-0.4, -0.2) is 4.57 Å². The maximum Gasteiger partial charge on any atom is 0.0534 e. The highest BCUT2D eigenvalue weighted by Gasteiger charge is 2.25. The Morgan fingerprint density at radius 1 is 0.500 bits per heavy atom. The average Bonchev–Trinajstić information content (AvgIpc) is 3.67. The summed E-state index contributed by atoms with van der Waals surface area (Å²) in [6.45, 7) is 18.1. The molecule has 0 N–H and O–H groups in total. The fraction of sp³-hybridized carbons (Fsp3) is 0.147. The molecular weight excluding hydrogens is 845 g/mol. The maximum absolute atomic E-state index is 4.32. The van der Waals surface area contributed by atoms with Crippen LogP contribution in [0.4, 0.5) is 17.1 Å². The van der Waals surface area contributed by atoms with Crippen LogP contribution in [0.5, 0.6) is 0 Å². The standard InChI is InChI=1S/C68H60N2/c1-8-44(3)49(9-2)42-62-48(7)69(65-36-34-53(43-63(62)65)50-22-12-10-13-23-50)64-37-35-56(38-46(64)5)70(55-26-14-11-15-27-55)66-40-45(4)61(39-47(66)6)68-59-30-20-18-28-57(59)67(58-29-19-21-31-60(58)68)54-33-32-51-24-16-17-25-52(51)41-54/h9-41,43-44,49H,2,8,42H2,1,3-7H3. The van der Waals surface area contributed by atoms with Crippen molar-refractivity contribution < 1.29 is 0 Å². The van der Waals surface area contributed by atoms with E-state index in [9.17, 15) is 0 Å². The van der Waals surface area contributed by atoms with Gasteiger partial charge in [-0.3, -0.25) is 0 Å². The molecule has 1 heterocycles. The van der Waals surface area contributed by atoms with E-state index in [1.807, 2.05) is 0 Å². The van der Waals surface area contributed by atoms with Crippen molar-refractivity contribution in [2.75, 3.05) is 4.90 Å². The van der Waals surface area contributed by atoms with E-state index >= 15 is 0 Å². The van der Waals surface area contributed by atoms with Crippen molar-refractivity contribution >= 4 is 60.3 Å². The van der Waals surface area contributed by atoms with E-state index in [1.165, 1.54) is 116 Å². The fourth-order valence-electron chi connectivity index (χ4n) is 11.3. The van der Waals surface area contributed by atoms with Crippen molar-refractivity contribution in [3.05, 3.63) is 241 Å². The van der Waals surface area contributed by atoms with Crippen LogP contribution in [0.25, 0.3) is 82.3 Å². The van der Waals surface area contributed by atoms with E-state index in [0.29, 0.717) is 11.8 Å². The molecule has 11 rings (SSSR count). The van der Waals surface area contributed by atoms with Crippen LogP contribution >= 0.6 is 0 Å². The Labute approximate surface area is 413 Å².